The molecule has 0 radical (unpaired) electrons. The summed E-state index contributed by atoms with van der Waals surface area (Å²) in [4.78, 5) is 13.6. The Bertz CT molecular complexity index is 1260. The van der Waals surface area contributed by atoms with E-state index in [-0.39, 0.29) is 0 Å². The van der Waals surface area contributed by atoms with Crippen LogP contribution in [-0.4, -0.2) is 49.6 Å². The Morgan fingerprint density at radius 1 is 0.971 bits per heavy atom. The van der Waals surface area contributed by atoms with Crippen LogP contribution >= 0.6 is 0 Å². The molecule has 0 bridgehead atoms. The molecule has 1 unspecified atom stereocenters. The maximum atomic E-state index is 11.5. The number of methoxy groups -OCH3 is 1. The van der Waals surface area contributed by atoms with Crippen molar-refractivity contribution in [2.75, 3.05) is 33.4 Å². The number of carbonyl (C=O) groups is 1. The molecular formula is C29H31NO5. The van der Waals surface area contributed by atoms with Crippen molar-refractivity contribution in [1.29, 1.82) is 0 Å². The zero-order chi connectivity index (χ0) is 24.8. The molecule has 1 aromatic heterocycles. The van der Waals surface area contributed by atoms with Gasteiger partial charge in [0, 0.05) is 28.6 Å². The highest BCUT2D eigenvalue weighted by Crippen LogP contribution is 2.40. The molecule has 0 aliphatic heterocycles. The predicted molar refractivity (Wildman–Crippen MR) is 137 cm³/mol. The van der Waals surface area contributed by atoms with Crippen LogP contribution in [0.5, 0.6) is 11.5 Å². The Labute approximate surface area is 205 Å². The fourth-order valence-corrected chi connectivity index (χ4v) is 4.18. The molecule has 35 heavy (non-hydrogen) atoms. The van der Waals surface area contributed by atoms with Crippen molar-refractivity contribution < 1.29 is 23.8 Å². The van der Waals surface area contributed by atoms with E-state index in [1.807, 2.05) is 54.6 Å². The van der Waals surface area contributed by atoms with Gasteiger partial charge in [-0.25, -0.2) is 0 Å². The van der Waals surface area contributed by atoms with Crippen LogP contribution in [0, 0.1) is 0 Å². The van der Waals surface area contributed by atoms with Crippen LogP contribution in [0.3, 0.4) is 0 Å². The third-order valence-corrected chi connectivity index (χ3v) is 6.28. The topological polar surface area (TPSA) is 72.1 Å². The minimum Gasteiger partial charge on any atom is -0.497 e. The summed E-state index contributed by atoms with van der Waals surface area (Å²) in [5.74, 6) is 2.04. The lowest BCUT2D eigenvalue weighted by molar-refractivity contribution is 0.112. The van der Waals surface area contributed by atoms with Crippen molar-refractivity contribution in [2.24, 2.45) is 0 Å². The van der Waals surface area contributed by atoms with Crippen molar-refractivity contribution in [1.82, 2.24) is 4.90 Å². The highest BCUT2D eigenvalue weighted by Gasteiger charge is 2.24. The van der Waals surface area contributed by atoms with E-state index in [9.17, 15) is 9.90 Å². The first-order valence-electron chi connectivity index (χ1n) is 11.9. The molecule has 0 spiro atoms. The van der Waals surface area contributed by atoms with Gasteiger partial charge in [0.15, 0.2) is 0 Å². The van der Waals surface area contributed by atoms with Crippen LogP contribution in [0.2, 0.25) is 0 Å². The lowest BCUT2D eigenvalue weighted by Gasteiger charge is -2.18. The molecule has 0 aliphatic rings. The molecule has 0 fully saturated rings. The first kappa shape index (κ1) is 24.5. The number of likely N-dealkylation sites (N-methyl/N-ethyl adjacent to an activating group) is 1. The monoisotopic (exact) mass is 473 g/mol. The molecule has 4 rings (SSSR count). The molecule has 1 N–H and O–H groups in total. The van der Waals surface area contributed by atoms with E-state index in [1.165, 1.54) is 0 Å². The van der Waals surface area contributed by atoms with Gasteiger partial charge in [0.05, 0.1) is 7.11 Å². The molecule has 4 aromatic rings. The van der Waals surface area contributed by atoms with Crippen molar-refractivity contribution in [2.45, 2.75) is 20.0 Å². The molecule has 3 aromatic carbocycles. The maximum Gasteiger partial charge on any atom is 0.150 e. The van der Waals surface area contributed by atoms with E-state index < -0.39 is 6.10 Å². The van der Waals surface area contributed by atoms with Gasteiger partial charge in [0.2, 0.25) is 0 Å². The summed E-state index contributed by atoms with van der Waals surface area (Å²) in [7, 11) is 1.61. The van der Waals surface area contributed by atoms with Crippen LogP contribution in [-0.2, 0) is 0 Å². The van der Waals surface area contributed by atoms with Gasteiger partial charge in [-0.2, -0.15) is 0 Å². The Hall–Kier alpha value is -3.61. The minimum atomic E-state index is -0.930. The fraction of sp³-hybridized carbons (Fsp3) is 0.276. The average Bonchev–Trinajstić information content (AvgIpc) is 3.29. The predicted octanol–water partition coefficient (Wildman–Crippen LogP) is 5.72. The minimum absolute atomic E-state index is 0.514. The van der Waals surface area contributed by atoms with Gasteiger partial charge >= 0.3 is 0 Å². The molecule has 6 heteroatoms. The number of nitrogens with zero attached hydrogens (tertiary/aromatic N) is 1. The van der Waals surface area contributed by atoms with Gasteiger partial charge in [-0.1, -0.05) is 32.0 Å². The quantitative estimate of drug-likeness (QED) is 0.281. The van der Waals surface area contributed by atoms with Gasteiger partial charge in [0.1, 0.15) is 41.8 Å². The second kappa shape index (κ2) is 11.2. The van der Waals surface area contributed by atoms with Crippen molar-refractivity contribution >= 4 is 17.3 Å². The number of hydrogen-bond acceptors (Lipinski definition) is 6. The van der Waals surface area contributed by atoms with Gasteiger partial charge in [-0.15, -0.1) is 0 Å². The summed E-state index contributed by atoms with van der Waals surface area (Å²) in [5.41, 5.74) is 3.24. The number of aliphatic hydroxyl groups excluding tert-OH is 1. The van der Waals surface area contributed by atoms with Gasteiger partial charge in [-0.05, 0) is 67.2 Å². The van der Waals surface area contributed by atoms with Gasteiger partial charge in [0.25, 0.3) is 0 Å². The summed E-state index contributed by atoms with van der Waals surface area (Å²) in [6, 6.07) is 20.2. The molecule has 0 saturated carbocycles. The van der Waals surface area contributed by atoms with Crippen LogP contribution in [0.15, 0.2) is 71.1 Å². The zero-order valence-electron chi connectivity index (χ0n) is 20.4. The summed E-state index contributed by atoms with van der Waals surface area (Å²) in [6.07, 6.45) is -0.149. The van der Waals surface area contributed by atoms with Crippen LogP contribution in [0.1, 0.15) is 41.4 Å². The van der Waals surface area contributed by atoms with E-state index in [2.05, 4.69) is 18.7 Å². The summed E-state index contributed by atoms with van der Waals surface area (Å²) in [5, 5.41) is 12.2. The fourth-order valence-electron chi connectivity index (χ4n) is 4.18. The lowest BCUT2D eigenvalue weighted by Crippen LogP contribution is -2.27. The smallest absolute Gasteiger partial charge is 0.150 e. The average molecular weight is 474 g/mol. The Kier molecular flexibility index (Phi) is 7.85. The number of benzene rings is 3. The summed E-state index contributed by atoms with van der Waals surface area (Å²) < 4.78 is 17.3. The molecule has 0 saturated heterocycles. The Morgan fingerprint density at radius 2 is 1.66 bits per heavy atom. The summed E-state index contributed by atoms with van der Waals surface area (Å²) in [6.45, 7) is 7.74. The van der Waals surface area contributed by atoms with E-state index in [1.54, 1.807) is 19.2 Å². The first-order valence-corrected chi connectivity index (χ1v) is 11.9. The highest BCUT2D eigenvalue weighted by atomic mass is 16.5. The van der Waals surface area contributed by atoms with E-state index >= 15 is 0 Å². The third kappa shape index (κ3) is 5.39. The third-order valence-electron chi connectivity index (χ3n) is 6.28. The number of hydrogen-bond donors (Lipinski definition) is 1. The number of carbonyl (C=O) groups excluding carboxylic acids is 1. The van der Waals surface area contributed by atoms with E-state index in [4.69, 9.17) is 13.9 Å². The highest BCUT2D eigenvalue weighted by molar-refractivity contribution is 5.92. The first-order chi connectivity index (χ1) is 17.1. The largest absolute Gasteiger partial charge is 0.497 e. The number of ether oxygens (including phenoxy) is 2. The second-order valence-electron chi connectivity index (χ2n) is 8.29. The van der Waals surface area contributed by atoms with E-state index in [0.717, 1.165) is 53.9 Å². The number of aliphatic hydroxyl groups is 1. The standard InChI is InChI=1S/C29H31NO5/c1-4-30(5-2)16-17-34-24-13-7-21(8-14-24)28(32)27-25-15-6-20(19-31)18-26(25)35-29(27)22-9-11-23(33-3)12-10-22/h6-15,18-19,28,32H,4-5,16-17H2,1-3H3. The second-order valence-corrected chi connectivity index (χ2v) is 8.29. The molecule has 182 valence electrons. The molecule has 1 atom stereocenters. The molecule has 6 nitrogen and oxygen atoms in total. The molecule has 0 aliphatic carbocycles. The van der Waals surface area contributed by atoms with Crippen molar-refractivity contribution in [3.8, 4) is 22.8 Å². The van der Waals surface area contributed by atoms with Crippen LogP contribution in [0.25, 0.3) is 22.3 Å². The van der Waals surface area contributed by atoms with Crippen molar-refractivity contribution in [3.63, 3.8) is 0 Å². The van der Waals surface area contributed by atoms with Gasteiger partial charge < -0.3 is 23.9 Å². The molecule has 0 amide bonds. The SMILES string of the molecule is CCN(CC)CCOc1ccc(C(O)c2c(-c3ccc(OC)cc3)oc3cc(C=O)ccc23)cc1. The van der Waals surface area contributed by atoms with Crippen LogP contribution in [0.4, 0.5) is 0 Å². The number of rotatable bonds is 11. The number of fused-ring (bicyclic) bond motifs is 1. The molecular weight excluding hydrogens is 442 g/mol. The van der Waals surface area contributed by atoms with Crippen molar-refractivity contribution in [3.05, 3.63) is 83.4 Å². The zero-order valence-corrected chi connectivity index (χ0v) is 20.4. The summed E-state index contributed by atoms with van der Waals surface area (Å²) >= 11 is 0. The normalized spacial score (nSPS) is 12.1. The van der Waals surface area contributed by atoms with E-state index in [0.29, 0.717) is 29.1 Å². The van der Waals surface area contributed by atoms with Crippen LogP contribution < -0.4 is 9.47 Å². The lowest BCUT2D eigenvalue weighted by atomic mass is 9.95. The van der Waals surface area contributed by atoms with Gasteiger partial charge in [-0.3, -0.25) is 4.79 Å². The number of furan rings is 1. The molecule has 1 heterocycles. The Morgan fingerprint density at radius 3 is 2.29 bits per heavy atom. The maximum absolute atomic E-state index is 11.5. The Balaban J connectivity index is 1.65. The number of aldehydes is 1.